The van der Waals surface area contributed by atoms with Crippen molar-refractivity contribution in [1.82, 2.24) is 14.9 Å². The van der Waals surface area contributed by atoms with E-state index in [0.29, 0.717) is 29.9 Å². The molecule has 2 heterocycles. The summed E-state index contributed by atoms with van der Waals surface area (Å²) >= 11 is 6.05. The molecule has 17 heavy (non-hydrogen) atoms. The van der Waals surface area contributed by atoms with Crippen LogP contribution in [0.1, 0.15) is 12.6 Å². The normalized spacial score (nSPS) is 14.6. The summed E-state index contributed by atoms with van der Waals surface area (Å²) in [5.41, 5.74) is 1.24. The molecule has 0 bridgehead atoms. The lowest BCUT2D eigenvalue weighted by atomic mass is 10.2. The van der Waals surface area contributed by atoms with Gasteiger partial charge in [0.05, 0.1) is 5.70 Å². The van der Waals surface area contributed by atoms with Gasteiger partial charge in [-0.05, 0) is 18.5 Å². The van der Waals surface area contributed by atoms with Gasteiger partial charge in [-0.15, -0.1) is 6.58 Å². The highest BCUT2D eigenvalue weighted by molar-refractivity contribution is 6.29. The smallest absolute Gasteiger partial charge is 0.308 e. The van der Waals surface area contributed by atoms with Crippen LogP contribution >= 0.6 is 11.6 Å². The topological polar surface area (TPSA) is 50.2 Å². The first-order valence-corrected chi connectivity index (χ1v) is 5.62. The number of fused-ring (bicyclic) bond motifs is 1. The number of urea groups is 1. The number of hydrogen-bond donors (Lipinski definition) is 1. The molecule has 0 aromatic carbocycles. The number of halogens is 1. The Morgan fingerprint density at radius 3 is 2.88 bits per heavy atom. The zero-order chi connectivity index (χ0) is 12.6. The fraction of sp³-hybridized carbons (Fsp3) is 0.273. The van der Waals surface area contributed by atoms with E-state index >= 15 is 0 Å². The minimum Gasteiger partial charge on any atom is -0.308 e. The molecular weight excluding hydrogens is 240 g/mol. The number of carbonyl (C=O) groups excluding carboxylic acids is 1. The molecular formula is C11H13ClN4O. The van der Waals surface area contributed by atoms with Crippen molar-refractivity contribution < 1.29 is 4.79 Å². The van der Waals surface area contributed by atoms with E-state index in [-0.39, 0.29) is 6.03 Å². The highest BCUT2D eigenvalue weighted by Gasteiger charge is 2.31. The van der Waals surface area contributed by atoms with Gasteiger partial charge in [-0.2, -0.15) is 4.98 Å². The first-order valence-electron chi connectivity index (χ1n) is 5.24. The van der Waals surface area contributed by atoms with Gasteiger partial charge in [0.15, 0.2) is 5.82 Å². The summed E-state index contributed by atoms with van der Waals surface area (Å²) in [6, 6.07) is -0.232. The van der Waals surface area contributed by atoms with Gasteiger partial charge < -0.3 is 9.88 Å². The molecule has 0 saturated carbocycles. The Morgan fingerprint density at radius 2 is 2.29 bits per heavy atom. The average molecular weight is 253 g/mol. The molecule has 0 saturated heterocycles. The Balaban J connectivity index is 2.60. The molecule has 1 aliphatic heterocycles. The van der Waals surface area contributed by atoms with Gasteiger partial charge in [0, 0.05) is 13.1 Å². The molecule has 1 aliphatic rings. The molecule has 0 unspecified atom stereocenters. The number of nitrogens with zero attached hydrogens (tertiary/aromatic N) is 3. The van der Waals surface area contributed by atoms with Crippen molar-refractivity contribution in [2.45, 2.75) is 13.5 Å². The summed E-state index contributed by atoms with van der Waals surface area (Å²) in [5.74, 6) is 0.549. The van der Waals surface area contributed by atoms with Crippen LogP contribution in [-0.2, 0) is 6.54 Å². The van der Waals surface area contributed by atoms with Crippen LogP contribution in [0.5, 0.6) is 0 Å². The second-order valence-corrected chi connectivity index (χ2v) is 3.94. The number of hydrogen-bond acceptors (Lipinski definition) is 2. The molecule has 0 fully saturated rings. The van der Waals surface area contributed by atoms with Crippen LogP contribution < -0.4 is 10.2 Å². The molecule has 1 aromatic rings. The van der Waals surface area contributed by atoms with Gasteiger partial charge in [0.2, 0.25) is 5.28 Å². The van der Waals surface area contributed by atoms with Crippen LogP contribution in [0.25, 0.3) is 5.70 Å². The van der Waals surface area contributed by atoms with Crippen LogP contribution in [0.15, 0.2) is 19.2 Å². The van der Waals surface area contributed by atoms with Gasteiger partial charge in [-0.1, -0.05) is 12.7 Å². The van der Waals surface area contributed by atoms with Gasteiger partial charge in [-0.3, -0.25) is 4.90 Å². The lowest BCUT2D eigenvalue weighted by Crippen LogP contribution is -2.43. The Hall–Kier alpha value is -1.75. The minimum absolute atomic E-state index is 0.232. The molecule has 0 atom stereocenters. The first-order chi connectivity index (χ1) is 8.10. The molecule has 1 N–H and O–H groups in total. The predicted octanol–water partition coefficient (Wildman–Crippen LogP) is 2.24. The van der Waals surface area contributed by atoms with Crippen LogP contribution in [0.2, 0.25) is 5.28 Å². The molecule has 1 aromatic heterocycles. The third kappa shape index (κ3) is 1.72. The van der Waals surface area contributed by atoms with E-state index in [0.717, 1.165) is 5.69 Å². The maximum atomic E-state index is 11.7. The Kier molecular flexibility index (Phi) is 2.93. The molecule has 5 nitrogen and oxygen atoms in total. The van der Waals surface area contributed by atoms with E-state index in [1.807, 2.05) is 6.92 Å². The lowest BCUT2D eigenvalue weighted by Gasteiger charge is -2.27. The van der Waals surface area contributed by atoms with Gasteiger partial charge >= 0.3 is 6.03 Å². The largest absolute Gasteiger partial charge is 0.327 e. The maximum absolute atomic E-state index is 11.7. The fourth-order valence-corrected chi connectivity index (χ4v) is 2.07. The fourth-order valence-electron chi connectivity index (χ4n) is 1.84. The Morgan fingerprint density at radius 1 is 1.59 bits per heavy atom. The summed E-state index contributed by atoms with van der Waals surface area (Å²) in [5, 5.41) is 3.01. The maximum Gasteiger partial charge on any atom is 0.327 e. The average Bonchev–Trinajstić information content (AvgIpc) is 2.57. The molecule has 6 heteroatoms. The highest BCUT2D eigenvalue weighted by Crippen LogP contribution is 2.31. The number of rotatable bonds is 3. The number of nitrogens with one attached hydrogen (secondary N) is 1. The van der Waals surface area contributed by atoms with Gasteiger partial charge in [-0.25, -0.2) is 4.79 Å². The number of imidazole rings is 1. The first kappa shape index (κ1) is 11.7. The van der Waals surface area contributed by atoms with E-state index in [9.17, 15) is 4.79 Å². The van der Waals surface area contributed by atoms with Gasteiger partial charge in [0.1, 0.15) is 5.69 Å². The summed E-state index contributed by atoms with van der Waals surface area (Å²) in [7, 11) is 0. The number of allylic oxidation sites excluding steroid dienone is 1. The SMILES string of the molecule is C=CCn1c(Cl)nc2c1C(=C)NC(=O)N2CC. The summed E-state index contributed by atoms with van der Waals surface area (Å²) in [4.78, 5) is 17.4. The third-order valence-corrected chi connectivity index (χ3v) is 2.86. The highest BCUT2D eigenvalue weighted by atomic mass is 35.5. The van der Waals surface area contributed by atoms with E-state index in [1.54, 1.807) is 10.6 Å². The number of carbonyl (C=O) groups is 1. The van der Waals surface area contributed by atoms with Crippen molar-refractivity contribution in [3.8, 4) is 0 Å². The quantitative estimate of drug-likeness (QED) is 0.839. The lowest BCUT2D eigenvalue weighted by molar-refractivity contribution is 0.249. The molecule has 2 rings (SSSR count). The Labute approximate surface area is 104 Å². The van der Waals surface area contributed by atoms with Crippen LogP contribution in [0, 0.1) is 0 Å². The number of aromatic nitrogens is 2. The van der Waals surface area contributed by atoms with E-state index < -0.39 is 0 Å². The zero-order valence-electron chi connectivity index (χ0n) is 9.53. The molecule has 0 aliphatic carbocycles. The van der Waals surface area contributed by atoms with Crippen molar-refractivity contribution in [2.75, 3.05) is 11.4 Å². The number of anilines is 1. The van der Waals surface area contributed by atoms with Crippen molar-refractivity contribution >= 4 is 29.1 Å². The summed E-state index contributed by atoms with van der Waals surface area (Å²) in [6.07, 6.45) is 1.72. The second-order valence-electron chi connectivity index (χ2n) is 3.61. The minimum atomic E-state index is -0.232. The van der Waals surface area contributed by atoms with E-state index in [2.05, 4.69) is 23.5 Å². The van der Waals surface area contributed by atoms with Gasteiger partial charge in [0.25, 0.3) is 0 Å². The Bertz CT molecular complexity index is 506. The molecule has 2 amide bonds. The molecule has 0 spiro atoms. The predicted molar refractivity (Wildman–Crippen MR) is 68.0 cm³/mol. The summed E-state index contributed by atoms with van der Waals surface area (Å²) < 4.78 is 1.76. The van der Waals surface area contributed by atoms with Crippen LogP contribution in [0.4, 0.5) is 10.6 Å². The summed E-state index contributed by atoms with van der Waals surface area (Å²) in [6.45, 7) is 10.4. The standard InChI is InChI=1S/C11H13ClN4O/c1-4-6-16-8-7(3)13-11(17)15(5-2)9(8)14-10(16)12/h4H,1,3,5-6H2,2H3,(H,13,17). The van der Waals surface area contributed by atoms with Crippen molar-refractivity contribution in [2.24, 2.45) is 0 Å². The van der Waals surface area contributed by atoms with Crippen LogP contribution in [-0.4, -0.2) is 22.1 Å². The molecule has 0 radical (unpaired) electrons. The van der Waals surface area contributed by atoms with E-state index in [1.165, 1.54) is 4.90 Å². The van der Waals surface area contributed by atoms with Crippen LogP contribution in [0.3, 0.4) is 0 Å². The second kappa shape index (κ2) is 4.25. The van der Waals surface area contributed by atoms with Crippen molar-refractivity contribution in [3.63, 3.8) is 0 Å². The monoisotopic (exact) mass is 252 g/mol. The van der Waals surface area contributed by atoms with E-state index in [4.69, 9.17) is 11.6 Å². The third-order valence-electron chi connectivity index (χ3n) is 2.58. The van der Waals surface area contributed by atoms with Crippen molar-refractivity contribution in [1.29, 1.82) is 0 Å². The zero-order valence-corrected chi connectivity index (χ0v) is 10.3. The number of amides is 2. The van der Waals surface area contributed by atoms with Crippen molar-refractivity contribution in [3.05, 3.63) is 30.2 Å². The molecule has 90 valence electrons.